The molecule has 1 aromatic rings. The zero-order valence-electron chi connectivity index (χ0n) is 11.7. The molecule has 1 heterocycles. The molecule has 1 rings (SSSR count). The van der Waals surface area contributed by atoms with E-state index in [9.17, 15) is 0 Å². The van der Waals surface area contributed by atoms with Gasteiger partial charge in [-0.25, -0.2) is 0 Å². The molecule has 0 saturated carbocycles. The third-order valence-electron chi connectivity index (χ3n) is 2.87. The molecule has 0 aliphatic rings. The van der Waals surface area contributed by atoms with Crippen molar-refractivity contribution in [1.29, 1.82) is 0 Å². The zero-order valence-corrected chi connectivity index (χ0v) is 11.7. The van der Waals surface area contributed by atoms with Gasteiger partial charge in [0.2, 0.25) is 0 Å². The fraction of sp³-hybridized carbons (Fsp3) is 0.667. The van der Waals surface area contributed by atoms with Crippen molar-refractivity contribution in [2.75, 3.05) is 19.8 Å². The van der Waals surface area contributed by atoms with Crippen LogP contribution in [0.15, 0.2) is 24.5 Å². The van der Waals surface area contributed by atoms with Crippen molar-refractivity contribution in [2.24, 2.45) is 0 Å². The number of nitrogens with zero attached hydrogens (tertiary/aromatic N) is 1. The normalized spacial score (nSPS) is 12.6. The van der Waals surface area contributed by atoms with Crippen LogP contribution in [0, 0.1) is 0 Å². The van der Waals surface area contributed by atoms with Gasteiger partial charge in [-0.1, -0.05) is 13.8 Å². The second-order valence-corrected chi connectivity index (χ2v) is 4.61. The van der Waals surface area contributed by atoms with Gasteiger partial charge in [0.05, 0.1) is 0 Å². The summed E-state index contributed by atoms with van der Waals surface area (Å²) < 4.78 is 5.58. The molecule has 0 bridgehead atoms. The highest BCUT2D eigenvalue weighted by molar-refractivity contribution is 5.11. The molecule has 0 radical (unpaired) electrons. The quantitative estimate of drug-likeness (QED) is 0.648. The van der Waals surface area contributed by atoms with E-state index in [1.54, 1.807) is 0 Å². The van der Waals surface area contributed by atoms with Crippen LogP contribution in [0.5, 0.6) is 0 Å². The number of rotatable bonds is 10. The highest BCUT2D eigenvalue weighted by Crippen LogP contribution is 2.05. The SMILES string of the molecule is CCCNC(CCOCCC)Cc1ccncc1. The van der Waals surface area contributed by atoms with Crippen molar-refractivity contribution in [1.82, 2.24) is 10.3 Å². The van der Waals surface area contributed by atoms with Gasteiger partial charge >= 0.3 is 0 Å². The van der Waals surface area contributed by atoms with Crippen molar-refractivity contribution in [3.05, 3.63) is 30.1 Å². The van der Waals surface area contributed by atoms with E-state index < -0.39 is 0 Å². The Labute approximate surface area is 111 Å². The zero-order chi connectivity index (χ0) is 13.1. The van der Waals surface area contributed by atoms with E-state index >= 15 is 0 Å². The maximum atomic E-state index is 5.58. The first-order valence-electron chi connectivity index (χ1n) is 7.06. The van der Waals surface area contributed by atoms with Gasteiger partial charge < -0.3 is 10.1 Å². The second-order valence-electron chi connectivity index (χ2n) is 4.61. The predicted octanol–water partition coefficient (Wildman–Crippen LogP) is 2.81. The van der Waals surface area contributed by atoms with Gasteiger partial charge in [-0.05, 0) is 49.9 Å². The molecule has 0 aliphatic heterocycles. The molecule has 1 atom stereocenters. The Hall–Kier alpha value is -0.930. The molecule has 102 valence electrons. The second kappa shape index (κ2) is 10.0. The highest BCUT2D eigenvalue weighted by atomic mass is 16.5. The first-order chi connectivity index (χ1) is 8.86. The summed E-state index contributed by atoms with van der Waals surface area (Å²) in [5.74, 6) is 0. The van der Waals surface area contributed by atoms with Crippen LogP contribution in [0.2, 0.25) is 0 Å². The lowest BCUT2D eigenvalue weighted by atomic mass is 10.0. The topological polar surface area (TPSA) is 34.1 Å². The number of hydrogen-bond acceptors (Lipinski definition) is 3. The van der Waals surface area contributed by atoms with Crippen molar-refractivity contribution in [3.63, 3.8) is 0 Å². The lowest BCUT2D eigenvalue weighted by Crippen LogP contribution is -2.33. The Morgan fingerprint density at radius 1 is 1.17 bits per heavy atom. The van der Waals surface area contributed by atoms with Crippen LogP contribution < -0.4 is 5.32 Å². The van der Waals surface area contributed by atoms with Crippen molar-refractivity contribution < 1.29 is 4.74 Å². The summed E-state index contributed by atoms with van der Waals surface area (Å²) in [5, 5.41) is 3.59. The molecule has 1 N–H and O–H groups in total. The molecular formula is C15H26N2O. The van der Waals surface area contributed by atoms with Gasteiger partial charge in [0.1, 0.15) is 0 Å². The van der Waals surface area contributed by atoms with E-state index in [1.807, 2.05) is 12.4 Å². The molecule has 1 unspecified atom stereocenters. The van der Waals surface area contributed by atoms with Gasteiger partial charge in [0.25, 0.3) is 0 Å². The summed E-state index contributed by atoms with van der Waals surface area (Å²) in [4.78, 5) is 4.06. The van der Waals surface area contributed by atoms with Crippen molar-refractivity contribution in [2.45, 2.75) is 45.6 Å². The fourth-order valence-electron chi connectivity index (χ4n) is 1.90. The smallest absolute Gasteiger partial charge is 0.0480 e. The largest absolute Gasteiger partial charge is 0.381 e. The molecular weight excluding hydrogens is 224 g/mol. The molecule has 0 aromatic carbocycles. The predicted molar refractivity (Wildman–Crippen MR) is 75.7 cm³/mol. The van der Waals surface area contributed by atoms with Crippen LogP contribution in [0.4, 0.5) is 0 Å². The summed E-state index contributed by atoms with van der Waals surface area (Å²) in [6, 6.07) is 4.69. The Bertz CT molecular complexity index is 290. The molecule has 3 nitrogen and oxygen atoms in total. The molecule has 1 aromatic heterocycles. The average Bonchev–Trinajstić information content (AvgIpc) is 2.41. The molecule has 18 heavy (non-hydrogen) atoms. The minimum atomic E-state index is 0.504. The van der Waals surface area contributed by atoms with Crippen LogP contribution in [0.3, 0.4) is 0 Å². The first-order valence-corrected chi connectivity index (χ1v) is 7.06. The summed E-state index contributed by atoms with van der Waals surface area (Å²) in [7, 11) is 0. The first kappa shape index (κ1) is 15.1. The molecule has 0 aliphatic carbocycles. The van der Waals surface area contributed by atoms with E-state index in [1.165, 1.54) is 12.0 Å². The Kier molecular flexibility index (Phi) is 8.43. The summed E-state index contributed by atoms with van der Waals surface area (Å²) in [6.07, 6.45) is 8.11. The summed E-state index contributed by atoms with van der Waals surface area (Å²) >= 11 is 0. The van der Waals surface area contributed by atoms with Gasteiger partial charge in [0.15, 0.2) is 0 Å². The van der Waals surface area contributed by atoms with E-state index in [4.69, 9.17) is 4.74 Å². The number of ether oxygens (including phenoxy) is 1. The van der Waals surface area contributed by atoms with E-state index in [0.717, 1.165) is 39.0 Å². The van der Waals surface area contributed by atoms with Crippen LogP contribution in [-0.4, -0.2) is 30.8 Å². The average molecular weight is 250 g/mol. The van der Waals surface area contributed by atoms with Crippen LogP contribution in [-0.2, 0) is 11.2 Å². The number of hydrogen-bond donors (Lipinski definition) is 1. The fourth-order valence-corrected chi connectivity index (χ4v) is 1.90. The standard InChI is InChI=1S/C15H26N2O/c1-3-8-17-15(7-12-18-11-4-2)13-14-5-9-16-10-6-14/h5-6,9-10,15,17H,3-4,7-8,11-13H2,1-2H3. The van der Waals surface area contributed by atoms with Gasteiger partial charge in [0, 0.05) is 31.6 Å². The van der Waals surface area contributed by atoms with Gasteiger partial charge in [-0.15, -0.1) is 0 Å². The lowest BCUT2D eigenvalue weighted by Gasteiger charge is -2.18. The van der Waals surface area contributed by atoms with Crippen LogP contribution >= 0.6 is 0 Å². The molecule has 0 amide bonds. The van der Waals surface area contributed by atoms with Crippen molar-refractivity contribution in [3.8, 4) is 0 Å². The number of nitrogens with one attached hydrogen (secondary N) is 1. The van der Waals surface area contributed by atoms with E-state index in [0.29, 0.717) is 6.04 Å². The summed E-state index contributed by atoms with van der Waals surface area (Å²) in [6.45, 7) is 7.13. The highest BCUT2D eigenvalue weighted by Gasteiger charge is 2.08. The Morgan fingerprint density at radius 2 is 1.94 bits per heavy atom. The third kappa shape index (κ3) is 6.72. The lowest BCUT2D eigenvalue weighted by molar-refractivity contribution is 0.124. The van der Waals surface area contributed by atoms with Crippen molar-refractivity contribution >= 4 is 0 Å². The van der Waals surface area contributed by atoms with Crippen LogP contribution in [0.1, 0.15) is 38.7 Å². The number of aromatic nitrogens is 1. The van der Waals surface area contributed by atoms with Gasteiger partial charge in [-0.2, -0.15) is 0 Å². The third-order valence-corrected chi connectivity index (χ3v) is 2.87. The summed E-state index contributed by atoms with van der Waals surface area (Å²) in [5.41, 5.74) is 1.34. The monoisotopic (exact) mass is 250 g/mol. The molecule has 3 heteroatoms. The minimum absolute atomic E-state index is 0.504. The minimum Gasteiger partial charge on any atom is -0.381 e. The number of pyridine rings is 1. The van der Waals surface area contributed by atoms with Crippen LogP contribution in [0.25, 0.3) is 0 Å². The molecule has 0 saturated heterocycles. The molecule has 0 fully saturated rings. The maximum Gasteiger partial charge on any atom is 0.0480 e. The Morgan fingerprint density at radius 3 is 2.61 bits per heavy atom. The maximum absolute atomic E-state index is 5.58. The Balaban J connectivity index is 2.35. The molecule has 0 spiro atoms. The van der Waals surface area contributed by atoms with E-state index in [2.05, 4.69) is 36.3 Å². The van der Waals surface area contributed by atoms with Gasteiger partial charge in [-0.3, -0.25) is 4.98 Å². The van der Waals surface area contributed by atoms with E-state index in [-0.39, 0.29) is 0 Å².